The number of para-hydroxylation sites is 2. The highest BCUT2D eigenvalue weighted by Gasteiger charge is 2.27. The summed E-state index contributed by atoms with van der Waals surface area (Å²) in [5.74, 6) is 0.192. The topological polar surface area (TPSA) is 90.0 Å². The average Bonchev–Trinajstić information content (AvgIpc) is 2.89. The Morgan fingerprint density at radius 1 is 1.03 bits per heavy atom. The minimum Gasteiger partial charge on any atom is -0.492 e. The van der Waals surface area contributed by atoms with Gasteiger partial charge in [-0.15, -0.1) is 0 Å². The van der Waals surface area contributed by atoms with E-state index in [1.807, 2.05) is 19.1 Å². The molecule has 4 rings (SSSR count). The Hall–Kier alpha value is -3.91. The van der Waals surface area contributed by atoms with Gasteiger partial charge in [0.05, 0.1) is 31.1 Å². The Morgan fingerprint density at radius 3 is 2.47 bits per heavy atom. The lowest BCUT2D eigenvalue weighted by Crippen LogP contribution is -2.36. The number of hydrogen-bond acceptors (Lipinski definition) is 7. The molecule has 1 unspecified atom stereocenters. The zero-order valence-electron chi connectivity index (χ0n) is 19.0. The van der Waals surface area contributed by atoms with Gasteiger partial charge in [-0.25, -0.2) is 9.78 Å². The number of carbonyl (C=O) groups excluding carboxylic acids is 2. The summed E-state index contributed by atoms with van der Waals surface area (Å²) < 4.78 is 16.6. The van der Waals surface area contributed by atoms with Gasteiger partial charge in [-0.05, 0) is 31.2 Å². The highest BCUT2D eigenvalue weighted by molar-refractivity contribution is 5.99. The molecule has 1 fully saturated rings. The number of aromatic nitrogens is 1. The monoisotopic (exact) mass is 461 g/mol. The van der Waals surface area contributed by atoms with Gasteiger partial charge in [0.1, 0.15) is 11.6 Å². The Bertz CT molecular complexity index is 1100. The maximum Gasteiger partial charge on any atom is 0.340 e. The molecule has 1 atom stereocenters. The van der Waals surface area contributed by atoms with Crippen LogP contribution in [0.3, 0.4) is 0 Å². The Labute approximate surface area is 198 Å². The van der Waals surface area contributed by atoms with E-state index in [0.29, 0.717) is 36.8 Å². The number of hydrogen-bond donors (Lipinski definition) is 1. The quantitative estimate of drug-likeness (QED) is 0.510. The molecule has 0 aliphatic carbocycles. The molecule has 1 aliphatic rings. The molecule has 0 saturated carbocycles. The largest absolute Gasteiger partial charge is 0.492 e. The molecule has 0 radical (unpaired) electrons. The van der Waals surface area contributed by atoms with E-state index in [1.54, 1.807) is 54.6 Å². The second kappa shape index (κ2) is 11.3. The molecule has 1 aromatic heterocycles. The summed E-state index contributed by atoms with van der Waals surface area (Å²) in [6.45, 7) is 5.10. The maximum absolute atomic E-state index is 13.2. The third kappa shape index (κ3) is 5.71. The first kappa shape index (κ1) is 23.3. The van der Waals surface area contributed by atoms with Gasteiger partial charge in [0.2, 0.25) is 6.10 Å². The Morgan fingerprint density at radius 2 is 1.76 bits per heavy atom. The van der Waals surface area contributed by atoms with Crippen LogP contribution in [0.25, 0.3) is 0 Å². The molecular formula is C26H27N3O5. The number of rotatable bonds is 8. The van der Waals surface area contributed by atoms with Crippen LogP contribution in [0.2, 0.25) is 0 Å². The fourth-order valence-corrected chi connectivity index (χ4v) is 3.61. The minimum atomic E-state index is -1.15. The lowest BCUT2D eigenvalue weighted by Gasteiger charge is -2.27. The van der Waals surface area contributed by atoms with Crippen molar-refractivity contribution in [3.63, 3.8) is 0 Å². The molecule has 3 aromatic rings. The molecule has 34 heavy (non-hydrogen) atoms. The van der Waals surface area contributed by atoms with Crippen molar-refractivity contribution >= 4 is 23.4 Å². The van der Waals surface area contributed by atoms with Gasteiger partial charge in [0.15, 0.2) is 0 Å². The van der Waals surface area contributed by atoms with Crippen LogP contribution in [-0.4, -0.2) is 49.8 Å². The van der Waals surface area contributed by atoms with Crippen LogP contribution >= 0.6 is 0 Å². The molecular weight excluding hydrogens is 434 g/mol. The Balaban J connectivity index is 1.51. The number of nitrogens with one attached hydrogen (secondary N) is 1. The van der Waals surface area contributed by atoms with E-state index in [9.17, 15) is 9.59 Å². The lowest BCUT2D eigenvalue weighted by atomic mass is 10.1. The summed E-state index contributed by atoms with van der Waals surface area (Å²) in [7, 11) is 0. The molecule has 0 spiro atoms. The molecule has 0 bridgehead atoms. The molecule has 1 N–H and O–H groups in total. The number of nitrogens with zero attached hydrogens (tertiary/aromatic N) is 2. The minimum absolute atomic E-state index is 0.264. The fourth-order valence-electron chi connectivity index (χ4n) is 3.61. The summed E-state index contributed by atoms with van der Waals surface area (Å²) in [5.41, 5.74) is 1.32. The van der Waals surface area contributed by atoms with Crippen molar-refractivity contribution in [1.82, 2.24) is 4.98 Å². The van der Waals surface area contributed by atoms with Crippen molar-refractivity contribution in [2.24, 2.45) is 0 Å². The molecule has 176 valence electrons. The number of carbonyl (C=O) groups is 2. The Kier molecular flexibility index (Phi) is 7.72. The third-order valence-electron chi connectivity index (χ3n) is 5.33. The van der Waals surface area contributed by atoms with Crippen molar-refractivity contribution in [2.75, 3.05) is 43.1 Å². The highest BCUT2D eigenvalue weighted by Crippen LogP contribution is 2.27. The van der Waals surface area contributed by atoms with E-state index >= 15 is 0 Å². The van der Waals surface area contributed by atoms with E-state index in [2.05, 4.69) is 15.2 Å². The molecule has 8 heteroatoms. The van der Waals surface area contributed by atoms with Crippen molar-refractivity contribution in [3.05, 3.63) is 84.1 Å². The fraction of sp³-hybridized carbons (Fsp3) is 0.269. The molecule has 1 saturated heterocycles. The van der Waals surface area contributed by atoms with Crippen molar-refractivity contribution in [3.8, 4) is 5.75 Å². The second-order valence-electron chi connectivity index (χ2n) is 7.62. The van der Waals surface area contributed by atoms with E-state index < -0.39 is 18.0 Å². The number of amides is 1. The van der Waals surface area contributed by atoms with Crippen LogP contribution in [0.5, 0.6) is 5.75 Å². The highest BCUT2D eigenvalue weighted by atomic mass is 16.5. The summed E-state index contributed by atoms with van der Waals surface area (Å²) in [5, 5.41) is 2.83. The SMILES string of the molecule is CCOc1ccccc1NC(=O)C(OC(=O)c1ccc(N2CCOCC2)nc1)c1ccccc1. The zero-order valence-corrected chi connectivity index (χ0v) is 19.0. The second-order valence-corrected chi connectivity index (χ2v) is 7.62. The summed E-state index contributed by atoms with van der Waals surface area (Å²) in [4.78, 5) is 32.7. The normalized spacial score (nSPS) is 14.2. The number of esters is 1. The maximum atomic E-state index is 13.2. The van der Waals surface area contributed by atoms with E-state index in [4.69, 9.17) is 14.2 Å². The lowest BCUT2D eigenvalue weighted by molar-refractivity contribution is -0.125. The van der Waals surface area contributed by atoms with Crippen molar-refractivity contribution in [2.45, 2.75) is 13.0 Å². The number of benzene rings is 2. The smallest absolute Gasteiger partial charge is 0.340 e. The van der Waals surface area contributed by atoms with Crippen LogP contribution in [0, 0.1) is 0 Å². The predicted molar refractivity (Wildman–Crippen MR) is 128 cm³/mol. The first-order valence-electron chi connectivity index (χ1n) is 11.2. The van der Waals surface area contributed by atoms with Gasteiger partial charge in [-0.3, -0.25) is 4.79 Å². The summed E-state index contributed by atoms with van der Waals surface area (Å²) in [6.07, 6.45) is 0.319. The van der Waals surface area contributed by atoms with Gasteiger partial charge < -0.3 is 24.4 Å². The number of anilines is 2. The number of ether oxygens (including phenoxy) is 3. The van der Waals surface area contributed by atoms with E-state index in [-0.39, 0.29) is 5.56 Å². The van der Waals surface area contributed by atoms with Gasteiger partial charge in [-0.2, -0.15) is 0 Å². The van der Waals surface area contributed by atoms with Gasteiger partial charge in [0, 0.05) is 24.8 Å². The van der Waals surface area contributed by atoms with Crippen LogP contribution in [-0.2, 0) is 14.3 Å². The van der Waals surface area contributed by atoms with Crippen LogP contribution in [0.1, 0.15) is 28.9 Å². The van der Waals surface area contributed by atoms with Crippen LogP contribution < -0.4 is 15.0 Å². The van der Waals surface area contributed by atoms with Crippen LogP contribution in [0.4, 0.5) is 11.5 Å². The molecule has 2 aromatic carbocycles. The van der Waals surface area contributed by atoms with E-state index in [0.717, 1.165) is 18.9 Å². The van der Waals surface area contributed by atoms with Crippen molar-refractivity contribution in [1.29, 1.82) is 0 Å². The summed E-state index contributed by atoms with van der Waals surface area (Å²) in [6, 6.07) is 19.4. The molecule has 2 heterocycles. The predicted octanol–water partition coefficient (Wildman–Crippen LogP) is 3.85. The molecule has 1 aliphatic heterocycles. The number of pyridine rings is 1. The third-order valence-corrected chi connectivity index (χ3v) is 5.33. The summed E-state index contributed by atoms with van der Waals surface area (Å²) >= 11 is 0. The average molecular weight is 462 g/mol. The first-order valence-corrected chi connectivity index (χ1v) is 11.2. The number of morpholine rings is 1. The standard InChI is InChI=1S/C26H27N3O5/c1-2-33-22-11-7-6-10-21(22)28-25(30)24(19-8-4-3-5-9-19)34-26(31)20-12-13-23(27-18-20)29-14-16-32-17-15-29/h3-13,18,24H,2,14-17H2,1H3,(H,28,30). The van der Waals surface area contributed by atoms with E-state index in [1.165, 1.54) is 6.20 Å². The molecule has 1 amide bonds. The van der Waals surface area contributed by atoms with Gasteiger partial charge >= 0.3 is 5.97 Å². The van der Waals surface area contributed by atoms with Crippen molar-refractivity contribution < 1.29 is 23.8 Å². The zero-order chi connectivity index (χ0) is 23.8. The first-order chi connectivity index (χ1) is 16.7. The van der Waals surface area contributed by atoms with Gasteiger partial charge in [-0.1, -0.05) is 42.5 Å². The van der Waals surface area contributed by atoms with Crippen LogP contribution in [0.15, 0.2) is 72.9 Å². The van der Waals surface area contributed by atoms with Gasteiger partial charge in [0.25, 0.3) is 5.91 Å². The molecule has 8 nitrogen and oxygen atoms in total.